The van der Waals surface area contributed by atoms with E-state index >= 15 is 0 Å². The summed E-state index contributed by atoms with van der Waals surface area (Å²) in [5.41, 5.74) is 0. The molecule has 1 aliphatic rings. The Hall–Kier alpha value is -1.54. The largest absolute Gasteiger partial charge is 0.464 e. The molecule has 0 bridgehead atoms. The topological polar surface area (TPSA) is 70.8 Å². The van der Waals surface area contributed by atoms with E-state index in [4.69, 9.17) is 27.6 Å². The lowest BCUT2D eigenvalue weighted by Crippen LogP contribution is -2.43. The Balaban J connectivity index is 1.64. The number of rotatable bonds is 5. The highest BCUT2D eigenvalue weighted by atomic mass is 35.5. The minimum atomic E-state index is -3.81. The Labute approximate surface area is 175 Å². The molecule has 28 heavy (non-hydrogen) atoms. The van der Waals surface area contributed by atoms with Crippen LogP contribution in [-0.4, -0.2) is 43.7 Å². The van der Waals surface area contributed by atoms with Crippen LogP contribution in [-0.2, 0) is 21.4 Å². The number of carbonyl (C=O) groups excluding carboxylic acids is 1. The van der Waals surface area contributed by atoms with Crippen LogP contribution >= 0.6 is 23.2 Å². The number of hydrogen-bond acceptors (Lipinski definition) is 4. The van der Waals surface area contributed by atoms with Crippen LogP contribution in [0.2, 0.25) is 10.0 Å². The van der Waals surface area contributed by atoms with Crippen LogP contribution in [0.5, 0.6) is 0 Å². The van der Waals surface area contributed by atoms with E-state index in [1.807, 2.05) is 19.1 Å². The molecule has 0 spiro atoms. The van der Waals surface area contributed by atoms with Crippen molar-refractivity contribution in [2.24, 2.45) is 5.92 Å². The van der Waals surface area contributed by atoms with Gasteiger partial charge in [0.1, 0.15) is 16.4 Å². The molecule has 1 aliphatic heterocycles. The molecule has 2 heterocycles. The summed E-state index contributed by atoms with van der Waals surface area (Å²) >= 11 is 12.1. The van der Waals surface area contributed by atoms with E-state index in [0.29, 0.717) is 19.4 Å². The summed E-state index contributed by atoms with van der Waals surface area (Å²) in [4.78, 5) is 14.3. The van der Waals surface area contributed by atoms with Gasteiger partial charge < -0.3 is 9.32 Å². The minimum absolute atomic E-state index is 0.0122. The van der Waals surface area contributed by atoms with Gasteiger partial charge in [-0.2, -0.15) is 4.31 Å². The van der Waals surface area contributed by atoms with Gasteiger partial charge >= 0.3 is 0 Å². The second-order valence-electron chi connectivity index (χ2n) is 6.94. The van der Waals surface area contributed by atoms with Crippen molar-refractivity contribution in [1.29, 1.82) is 0 Å². The Bertz CT molecular complexity index is 946. The van der Waals surface area contributed by atoms with E-state index in [2.05, 4.69) is 0 Å². The molecular formula is C19H22Cl2N2O4S. The Morgan fingerprint density at radius 2 is 1.79 bits per heavy atom. The van der Waals surface area contributed by atoms with E-state index in [0.717, 1.165) is 11.5 Å². The number of piperidine rings is 1. The average Bonchev–Trinajstić information content (AvgIpc) is 3.05. The second-order valence-corrected chi connectivity index (χ2v) is 9.62. The standard InChI is InChI=1S/C19H22Cl2N2O4S/c1-13-6-7-15(27-13)12-22(2)19(24)14-8-10-23(11-9-14)28(25,26)18-16(20)4-3-5-17(18)21/h3-7,14H,8-12H2,1-2H3. The monoisotopic (exact) mass is 444 g/mol. The quantitative estimate of drug-likeness (QED) is 0.699. The molecule has 1 aromatic heterocycles. The maximum absolute atomic E-state index is 12.9. The third-order valence-electron chi connectivity index (χ3n) is 4.89. The van der Waals surface area contributed by atoms with Crippen molar-refractivity contribution in [3.63, 3.8) is 0 Å². The molecule has 1 fully saturated rings. The maximum atomic E-state index is 12.9. The predicted octanol–water partition coefficient (Wildman–Crippen LogP) is 3.95. The molecule has 6 nitrogen and oxygen atoms in total. The molecule has 0 saturated carbocycles. The number of benzene rings is 1. The van der Waals surface area contributed by atoms with Crippen LogP contribution in [0.1, 0.15) is 24.4 Å². The van der Waals surface area contributed by atoms with Gasteiger partial charge in [-0.1, -0.05) is 29.3 Å². The molecule has 0 atom stereocenters. The molecular weight excluding hydrogens is 423 g/mol. The second kappa shape index (κ2) is 8.45. The first-order valence-electron chi connectivity index (χ1n) is 8.94. The summed E-state index contributed by atoms with van der Waals surface area (Å²) in [6.07, 6.45) is 0.892. The van der Waals surface area contributed by atoms with Crippen molar-refractivity contribution in [2.45, 2.75) is 31.2 Å². The Kier molecular flexibility index (Phi) is 6.39. The van der Waals surface area contributed by atoms with Gasteiger partial charge in [0.25, 0.3) is 0 Å². The molecule has 152 valence electrons. The van der Waals surface area contributed by atoms with E-state index in [1.165, 1.54) is 16.4 Å². The summed E-state index contributed by atoms with van der Waals surface area (Å²) in [5, 5.41) is 0.193. The molecule has 1 amide bonds. The highest BCUT2D eigenvalue weighted by molar-refractivity contribution is 7.89. The first kappa shape index (κ1) is 21.2. The zero-order chi connectivity index (χ0) is 20.5. The maximum Gasteiger partial charge on any atom is 0.246 e. The average molecular weight is 445 g/mol. The Morgan fingerprint density at radius 1 is 1.18 bits per heavy atom. The summed E-state index contributed by atoms with van der Waals surface area (Å²) in [5.74, 6) is 1.28. The lowest BCUT2D eigenvalue weighted by molar-refractivity contribution is -0.136. The van der Waals surface area contributed by atoms with Crippen LogP contribution < -0.4 is 0 Å². The molecule has 0 radical (unpaired) electrons. The molecule has 0 aliphatic carbocycles. The van der Waals surface area contributed by atoms with Gasteiger partial charge in [-0.25, -0.2) is 8.42 Å². The van der Waals surface area contributed by atoms with E-state index in [1.54, 1.807) is 18.0 Å². The Morgan fingerprint density at radius 3 is 2.32 bits per heavy atom. The minimum Gasteiger partial charge on any atom is -0.464 e. The van der Waals surface area contributed by atoms with Crippen molar-refractivity contribution >= 4 is 39.1 Å². The number of sulfonamides is 1. The fourth-order valence-electron chi connectivity index (χ4n) is 3.39. The van der Waals surface area contributed by atoms with Crippen molar-refractivity contribution in [3.8, 4) is 0 Å². The third-order valence-corrected chi connectivity index (χ3v) is 7.74. The van der Waals surface area contributed by atoms with Gasteiger partial charge in [0.05, 0.1) is 16.6 Å². The molecule has 9 heteroatoms. The number of nitrogens with zero attached hydrogens (tertiary/aromatic N) is 2. The zero-order valence-electron chi connectivity index (χ0n) is 15.7. The van der Waals surface area contributed by atoms with Gasteiger partial charge in [-0.3, -0.25) is 4.79 Å². The van der Waals surface area contributed by atoms with Crippen LogP contribution in [0, 0.1) is 12.8 Å². The van der Waals surface area contributed by atoms with Gasteiger partial charge in [0.2, 0.25) is 15.9 Å². The molecule has 1 aromatic carbocycles. The van der Waals surface area contributed by atoms with Crippen LogP contribution in [0.4, 0.5) is 0 Å². The fraction of sp³-hybridized carbons (Fsp3) is 0.421. The van der Waals surface area contributed by atoms with E-state index in [9.17, 15) is 13.2 Å². The highest BCUT2D eigenvalue weighted by Gasteiger charge is 2.35. The first-order chi connectivity index (χ1) is 13.2. The van der Waals surface area contributed by atoms with Gasteiger partial charge in [-0.05, 0) is 44.0 Å². The number of halogens is 2. The predicted molar refractivity (Wildman–Crippen MR) is 108 cm³/mol. The van der Waals surface area contributed by atoms with Crippen LogP contribution in [0.15, 0.2) is 39.6 Å². The number of furan rings is 1. The normalized spacial score (nSPS) is 16.3. The fourth-order valence-corrected chi connectivity index (χ4v) is 5.96. The van der Waals surface area contributed by atoms with Crippen molar-refractivity contribution in [3.05, 3.63) is 51.9 Å². The number of aryl methyl sites for hydroxylation is 1. The first-order valence-corrected chi connectivity index (χ1v) is 11.1. The van der Waals surface area contributed by atoms with Crippen molar-refractivity contribution < 1.29 is 17.6 Å². The summed E-state index contributed by atoms with van der Waals surface area (Å²) in [6, 6.07) is 8.31. The third kappa shape index (κ3) is 4.38. The molecule has 1 saturated heterocycles. The lowest BCUT2D eigenvalue weighted by atomic mass is 9.96. The lowest BCUT2D eigenvalue weighted by Gasteiger charge is -2.32. The zero-order valence-corrected chi connectivity index (χ0v) is 18.0. The molecule has 0 N–H and O–H groups in total. The van der Waals surface area contributed by atoms with Crippen molar-refractivity contribution in [1.82, 2.24) is 9.21 Å². The summed E-state index contributed by atoms with van der Waals surface area (Å²) in [7, 11) is -2.08. The van der Waals surface area contributed by atoms with Gasteiger partial charge in [0.15, 0.2) is 0 Å². The molecule has 3 rings (SSSR count). The van der Waals surface area contributed by atoms with E-state index < -0.39 is 10.0 Å². The number of hydrogen-bond donors (Lipinski definition) is 0. The number of amides is 1. The molecule has 2 aromatic rings. The van der Waals surface area contributed by atoms with Crippen molar-refractivity contribution in [2.75, 3.05) is 20.1 Å². The van der Waals surface area contributed by atoms with Gasteiger partial charge in [0, 0.05) is 26.1 Å². The summed E-state index contributed by atoms with van der Waals surface area (Å²) < 4.78 is 32.7. The number of carbonyl (C=O) groups is 1. The van der Waals surface area contributed by atoms with Crippen LogP contribution in [0.3, 0.4) is 0 Å². The smallest absolute Gasteiger partial charge is 0.246 e. The van der Waals surface area contributed by atoms with E-state index in [-0.39, 0.29) is 39.9 Å². The SMILES string of the molecule is Cc1ccc(CN(C)C(=O)C2CCN(S(=O)(=O)c3c(Cl)cccc3Cl)CC2)o1. The molecule has 0 unspecified atom stereocenters. The summed E-state index contributed by atoms with van der Waals surface area (Å²) in [6.45, 7) is 2.73. The van der Waals surface area contributed by atoms with Gasteiger partial charge in [-0.15, -0.1) is 0 Å². The highest BCUT2D eigenvalue weighted by Crippen LogP contribution is 2.33. The van der Waals surface area contributed by atoms with Crippen LogP contribution in [0.25, 0.3) is 0 Å².